The summed E-state index contributed by atoms with van der Waals surface area (Å²) in [5, 5.41) is 18.9. The summed E-state index contributed by atoms with van der Waals surface area (Å²) in [5.74, 6) is -0.580. The van der Waals surface area contributed by atoms with Crippen LogP contribution in [-0.2, 0) is 9.59 Å². The molecule has 0 aromatic heterocycles. The Kier molecular flexibility index (Phi) is 8.35. The zero-order valence-corrected chi connectivity index (χ0v) is 15.2. The molecule has 1 heterocycles. The molecule has 26 heavy (non-hydrogen) atoms. The van der Waals surface area contributed by atoms with Crippen LogP contribution in [0.15, 0.2) is 42.5 Å². The largest absolute Gasteiger partial charge is 0.481 e. The number of carbonyl (C=O) groups excluding carboxylic acids is 1. The number of benzene rings is 1. The van der Waals surface area contributed by atoms with Gasteiger partial charge in [-0.1, -0.05) is 55.3 Å². The van der Waals surface area contributed by atoms with Crippen molar-refractivity contribution in [3.8, 4) is 0 Å². The van der Waals surface area contributed by atoms with Crippen molar-refractivity contribution in [2.24, 2.45) is 0 Å². The van der Waals surface area contributed by atoms with Gasteiger partial charge >= 0.3 is 5.97 Å². The molecular formula is C21H29NO4. The quantitative estimate of drug-likeness (QED) is 0.493. The Morgan fingerprint density at radius 1 is 1.19 bits per heavy atom. The van der Waals surface area contributed by atoms with Gasteiger partial charge in [-0.3, -0.25) is 9.59 Å². The Balaban J connectivity index is 1.83. The second-order valence-corrected chi connectivity index (χ2v) is 6.85. The van der Waals surface area contributed by atoms with E-state index < -0.39 is 12.1 Å². The average molecular weight is 359 g/mol. The summed E-state index contributed by atoms with van der Waals surface area (Å²) in [4.78, 5) is 24.7. The number of hydrogen-bond donors (Lipinski definition) is 2. The maximum absolute atomic E-state index is 12.3. The molecule has 1 unspecified atom stereocenters. The summed E-state index contributed by atoms with van der Waals surface area (Å²) in [7, 11) is 0. The van der Waals surface area contributed by atoms with Gasteiger partial charge in [0.25, 0.3) is 0 Å². The molecule has 2 N–H and O–H groups in total. The summed E-state index contributed by atoms with van der Waals surface area (Å²) < 4.78 is 0. The Bertz CT molecular complexity index is 599. The highest BCUT2D eigenvalue weighted by Gasteiger charge is 2.25. The SMILES string of the molecule is O=C(O)CCCCCCN1C(=O)CCC[C@@H]1C=CC(O)c1ccccc1. The molecule has 2 atom stereocenters. The maximum atomic E-state index is 12.3. The van der Waals surface area contributed by atoms with Gasteiger partial charge in [0.05, 0.1) is 12.1 Å². The molecule has 0 saturated carbocycles. The molecule has 1 amide bonds. The molecule has 1 aliphatic rings. The van der Waals surface area contributed by atoms with Gasteiger partial charge in [-0.15, -0.1) is 0 Å². The lowest BCUT2D eigenvalue weighted by Gasteiger charge is -2.34. The fourth-order valence-electron chi connectivity index (χ4n) is 3.34. The first-order valence-electron chi connectivity index (χ1n) is 9.50. The Morgan fingerprint density at radius 2 is 1.92 bits per heavy atom. The molecule has 5 nitrogen and oxygen atoms in total. The van der Waals surface area contributed by atoms with Crippen LogP contribution in [-0.4, -0.2) is 39.6 Å². The van der Waals surface area contributed by atoms with E-state index in [0.717, 1.165) is 37.7 Å². The highest BCUT2D eigenvalue weighted by molar-refractivity contribution is 5.77. The van der Waals surface area contributed by atoms with Gasteiger partial charge in [0.2, 0.25) is 5.91 Å². The predicted molar refractivity (Wildman–Crippen MR) is 101 cm³/mol. The van der Waals surface area contributed by atoms with E-state index in [4.69, 9.17) is 5.11 Å². The molecule has 1 fully saturated rings. The minimum absolute atomic E-state index is 0.0358. The van der Waals surface area contributed by atoms with Crippen molar-refractivity contribution in [1.82, 2.24) is 4.90 Å². The second kappa shape index (κ2) is 10.8. The van der Waals surface area contributed by atoms with Gasteiger partial charge in [-0.2, -0.15) is 0 Å². The van der Waals surface area contributed by atoms with Crippen LogP contribution in [0.5, 0.6) is 0 Å². The monoisotopic (exact) mass is 359 g/mol. The lowest BCUT2D eigenvalue weighted by Crippen LogP contribution is -2.43. The maximum Gasteiger partial charge on any atom is 0.303 e. The first kappa shape index (κ1) is 20.2. The van der Waals surface area contributed by atoms with Crippen molar-refractivity contribution in [3.05, 3.63) is 48.0 Å². The van der Waals surface area contributed by atoms with Crippen LogP contribution in [0, 0.1) is 0 Å². The van der Waals surface area contributed by atoms with Crippen molar-refractivity contribution in [1.29, 1.82) is 0 Å². The van der Waals surface area contributed by atoms with Crippen LogP contribution in [0.1, 0.15) is 63.0 Å². The van der Waals surface area contributed by atoms with Gasteiger partial charge in [0, 0.05) is 19.4 Å². The smallest absolute Gasteiger partial charge is 0.303 e. The fraction of sp³-hybridized carbons (Fsp3) is 0.524. The normalized spacial score (nSPS) is 19.0. The summed E-state index contributed by atoms with van der Waals surface area (Å²) >= 11 is 0. The number of likely N-dealkylation sites (tertiary alicyclic amines) is 1. The van der Waals surface area contributed by atoms with E-state index >= 15 is 0 Å². The molecule has 142 valence electrons. The van der Waals surface area contributed by atoms with E-state index in [2.05, 4.69) is 0 Å². The van der Waals surface area contributed by atoms with E-state index in [9.17, 15) is 14.7 Å². The summed E-state index contributed by atoms with van der Waals surface area (Å²) in [6.07, 6.45) is 9.06. The topological polar surface area (TPSA) is 77.8 Å². The summed E-state index contributed by atoms with van der Waals surface area (Å²) in [6, 6.07) is 9.51. The van der Waals surface area contributed by atoms with Gasteiger partial charge in [0.1, 0.15) is 0 Å². The van der Waals surface area contributed by atoms with Crippen LogP contribution in [0.4, 0.5) is 0 Å². The van der Waals surface area contributed by atoms with Crippen LogP contribution >= 0.6 is 0 Å². The summed E-state index contributed by atoms with van der Waals surface area (Å²) in [5.41, 5.74) is 0.843. The molecule has 1 aromatic rings. The lowest BCUT2D eigenvalue weighted by molar-refractivity contribution is -0.137. The number of hydrogen-bond acceptors (Lipinski definition) is 3. The van der Waals surface area contributed by atoms with E-state index in [0.29, 0.717) is 19.4 Å². The molecule has 0 spiro atoms. The lowest BCUT2D eigenvalue weighted by atomic mass is 9.99. The van der Waals surface area contributed by atoms with Crippen molar-refractivity contribution >= 4 is 11.9 Å². The van der Waals surface area contributed by atoms with Crippen molar-refractivity contribution in [3.63, 3.8) is 0 Å². The zero-order valence-electron chi connectivity index (χ0n) is 15.2. The minimum atomic E-state index is -0.751. The minimum Gasteiger partial charge on any atom is -0.481 e. The van der Waals surface area contributed by atoms with Crippen LogP contribution in [0.2, 0.25) is 0 Å². The number of piperidine rings is 1. The molecule has 5 heteroatoms. The van der Waals surface area contributed by atoms with Crippen molar-refractivity contribution in [2.75, 3.05) is 6.54 Å². The average Bonchev–Trinajstić information content (AvgIpc) is 2.64. The number of carbonyl (C=O) groups is 2. The van der Waals surface area contributed by atoms with E-state index in [1.807, 2.05) is 41.3 Å². The molecular weight excluding hydrogens is 330 g/mol. The molecule has 2 rings (SSSR count). The number of nitrogens with zero attached hydrogens (tertiary/aromatic N) is 1. The molecule has 0 aliphatic carbocycles. The molecule has 0 bridgehead atoms. The number of carboxylic acid groups (broad SMARTS) is 1. The second-order valence-electron chi connectivity index (χ2n) is 6.85. The third-order valence-electron chi connectivity index (χ3n) is 4.81. The number of aliphatic hydroxyl groups excluding tert-OH is 1. The number of aliphatic hydroxyl groups is 1. The van der Waals surface area contributed by atoms with E-state index in [-0.39, 0.29) is 18.4 Å². The predicted octanol–water partition coefficient (Wildman–Crippen LogP) is 3.69. The third-order valence-corrected chi connectivity index (χ3v) is 4.81. The van der Waals surface area contributed by atoms with Crippen molar-refractivity contribution < 1.29 is 19.8 Å². The number of carboxylic acids is 1. The number of amides is 1. The molecule has 1 saturated heterocycles. The fourth-order valence-corrected chi connectivity index (χ4v) is 3.34. The van der Waals surface area contributed by atoms with Gasteiger partial charge in [-0.05, 0) is 31.2 Å². The van der Waals surface area contributed by atoms with Crippen LogP contribution in [0.25, 0.3) is 0 Å². The Hall–Kier alpha value is -2.14. The standard InChI is InChI=1S/C21H29NO4/c23-19(17-9-4-3-5-10-17)15-14-18-11-8-12-20(24)22(18)16-7-2-1-6-13-21(25)26/h3-5,9-10,14-15,18-19,23H,1-2,6-8,11-13,16H2,(H,25,26)/t18-,19?/m1/s1. The van der Waals surface area contributed by atoms with Crippen LogP contribution < -0.4 is 0 Å². The third kappa shape index (κ3) is 6.64. The highest BCUT2D eigenvalue weighted by atomic mass is 16.4. The highest BCUT2D eigenvalue weighted by Crippen LogP contribution is 2.22. The first-order valence-corrected chi connectivity index (χ1v) is 9.50. The molecule has 0 radical (unpaired) electrons. The van der Waals surface area contributed by atoms with Gasteiger partial charge in [-0.25, -0.2) is 0 Å². The van der Waals surface area contributed by atoms with Crippen LogP contribution in [0.3, 0.4) is 0 Å². The van der Waals surface area contributed by atoms with E-state index in [1.165, 1.54) is 0 Å². The summed E-state index contributed by atoms with van der Waals surface area (Å²) in [6.45, 7) is 0.697. The first-order chi connectivity index (χ1) is 12.6. The number of aliphatic carboxylic acids is 1. The van der Waals surface area contributed by atoms with E-state index in [1.54, 1.807) is 6.08 Å². The van der Waals surface area contributed by atoms with Gasteiger partial charge in [0.15, 0.2) is 0 Å². The zero-order chi connectivity index (χ0) is 18.8. The van der Waals surface area contributed by atoms with Gasteiger partial charge < -0.3 is 15.1 Å². The Morgan fingerprint density at radius 3 is 2.65 bits per heavy atom. The Labute approximate surface area is 155 Å². The number of rotatable bonds is 10. The number of unbranched alkanes of at least 4 members (excludes halogenated alkanes) is 3. The van der Waals surface area contributed by atoms with Crippen molar-refractivity contribution in [2.45, 2.75) is 63.5 Å². The molecule has 1 aromatic carbocycles. The molecule has 1 aliphatic heterocycles.